The predicted octanol–water partition coefficient (Wildman–Crippen LogP) is 1.72. The highest BCUT2D eigenvalue weighted by atomic mass is 16.5. The van der Waals surface area contributed by atoms with Crippen LogP contribution in [-0.2, 0) is 4.74 Å². The lowest BCUT2D eigenvalue weighted by atomic mass is 10.2. The molecule has 0 saturated heterocycles. The first kappa shape index (κ1) is 12.1. The van der Waals surface area contributed by atoms with E-state index in [1.54, 1.807) is 6.92 Å². The van der Waals surface area contributed by atoms with Gasteiger partial charge in [0.25, 0.3) is 0 Å². The molecule has 0 spiro atoms. The maximum absolute atomic E-state index is 11.3. The molecule has 1 unspecified atom stereocenters. The average Bonchev–Trinajstić information content (AvgIpc) is 2.67. The van der Waals surface area contributed by atoms with Crippen molar-refractivity contribution in [3.05, 3.63) is 33.6 Å². The standard InChI is InChI=1S/C9H11N3O4/c1-5-6(9(14)15-2)3-8(16-5)7(4-13)11-12-10/h3,7,13H,4H2,1-2H3. The van der Waals surface area contributed by atoms with Crippen LogP contribution < -0.4 is 0 Å². The van der Waals surface area contributed by atoms with Gasteiger partial charge in [-0.05, 0) is 18.5 Å². The van der Waals surface area contributed by atoms with Gasteiger partial charge in [-0.2, -0.15) is 0 Å². The second-order valence-electron chi connectivity index (χ2n) is 3.01. The Morgan fingerprint density at radius 2 is 2.50 bits per heavy atom. The number of aryl methyl sites for hydroxylation is 1. The predicted molar refractivity (Wildman–Crippen MR) is 53.8 cm³/mol. The number of ether oxygens (including phenoxy) is 1. The fourth-order valence-corrected chi connectivity index (χ4v) is 1.23. The van der Waals surface area contributed by atoms with E-state index in [-0.39, 0.29) is 11.3 Å². The van der Waals surface area contributed by atoms with E-state index < -0.39 is 18.6 Å². The molecular weight excluding hydrogens is 214 g/mol. The highest BCUT2D eigenvalue weighted by Gasteiger charge is 2.20. The van der Waals surface area contributed by atoms with Crippen LogP contribution >= 0.6 is 0 Å². The van der Waals surface area contributed by atoms with Crippen molar-refractivity contribution < 1.29 is 19.1 Å². The number of carbonyl (C=O) groups excluding carboxylic acids is 1. The third kappa shape index (κ3) is 2.33. The Balaban J connectivity index is 3.08. The third-order valence-corrected chi connectivity index (χ3v) is 2.03. The smallest absolute Gasteiger partial charge is 0.341 e. The van der Waals surface area contributed by atoms with Crippen molar-refractivity contribution in [3.63, 3.8) is 0 Å². The molecule has 0 aromatic carbocycles. The van der Waals surface area contributed by atoms with Crippen molar-refractivity contribution in [2.45, 2.75) is 13.0 Å². The summed E-state index contributed by atoms with van der Waals surface area (Å²) in [6, 6.07) is 0.568. The zero-order valence-electron chi connectivity index (χ0n) is 8.88. The topological polar surface area (TPSA) is 108 Å². The molecule has 1 aromatic heterocycles. The first-order chi connectivity index (χ1) is 7.63. The van der Waals surface area contributed by atoms with Gasteiger partial charge in [0, 0.05) is 4.91 Å². The summed E-state index contributed by atoms with van der Waals surface area (Å²) in [4.78, 5) is 13.8. The van der Waals surface area contributed by atoms with Gasteiger partial charge in [0.15, 0.2) is 0 Å². The number of furan rings is 1. The van der Waals surface area contributed by atoms with Gasteiger partial charge in [-0.15, -0.1) is 0 Å². The summed E-state index contributed by atoms with van der Waals surface area (Å²) >= 11 is 0. The van der Waals surface area contributed by atoms with Crippen molar-refractivity contribution in [1.82, 2.24) is 0 Å². The van der Waals surface area contributed by atoms with E-state index in [1.165, 1.54) is 13.2 Å². The second-order valence-corrected chi connectivity index (χ2v) is 3.01. The lowest BCUT2D eigenvalue weighted by Crippen LogP contribution is -2.01. The zero-order valence-corrected chi connectivity index (χ0v) is 8.88. The van der Waals surface area contributed by atoms with Gasteiger partial charge >= 0.3 is 5.97 Å². The van der Waals surface area contributed by atoms with Crippen molar-refractivity contribution in [2.24, 2.45) is 5.11 Å². The van der Waals surface area contributed by atoms with E-state index >= 15 is 0 Å². The molecule has 0 aliphatic heterocycles. The number of nitrogens with zero attached hydrogens (tertiary/aromatic N) is 3. The Morgan fingerprint density at radius 3 is 3.00 bits per heavy atom. The van der Waals surface area contributed by atoms with Crippen LogP contribution in [-0.4, -0.2) is 24.8 Å². The molecule has 0 saturated carbocycles. The fraction of sp³-hybridized carbons (Fsp3) is 0.444. The van der Waals surface area contributed by atoms with E-state index in [2.05, 4.69) is 14.8 Å². The summed E-state index contributed by atoms with van der Waals surface area (Å²) in [5, 5.41) is 12.3. The summed E-state index contributed by atoms with van der Waals surface area (Å²) in [6.45, 7) is 1.19. The quantitative estimate of drug-likeness (QED) is 0.364. The van der Waals surface area contributed by atoms with Gasteiger partial charge in [-0.3, -0.25) is 0 Å². The Hall–Kier alpha value is -1.98. The average molecular weight is 225 g/mol. The molecule has 7 nitrogen and oxygen atoms in total. The molecule has 16 heavy (non-hydrogen) atoms. The summed E-state index contributed by atoms with van der Waals surface area (Å²) in [5.41, 5.74) is 8.53. The van der Waals surface area contributed by atoms with Crippen LogP contribution in [0.25, 0.3) is 10.4 Å². The molecule has 1 atom stereocenters. The van der Waals surface area contributed by atoms with Gasteiger partial charge in [0.05, 0.1) is 13.7 Å². The summed E-state index contributed by atoms with van der Waals surface area (Å²) < 4.78 is 9.76. The number of esters is 1. The number of carbonyl (C=O) groups is 1. The van der Waals surface area contributed by atoms with Gasteiger partial charge < -0.3 is 14.3 Å². The molecular formula is C9H11N3O4. The van der Waals surface area contributed by atoms with E-state index in [4.69, 9.17) is 15.1 Å². The molecule has 1 rings (SSSR count). The first-order valence-electron chi connectivity index (χ1n) is 4.47. The monoisotopic (exact) mass is 225 g/mol. The number of methoxy groups -OCH3 is 1. The Bertz CT molecular complexity index is 434. The molecule has 0 amide bonds. The van der Waals surface area contributed by atoms with E-state index in [1.807, 2.05) is 0 Å². The molecule has 0 fully saturated rings. The molecule has 1 N–H and O–H groups in total. The minimum Gasteiger partial charge on any atom is -0.465 e. The molecule has 86 valence electrons. The summed E-state index contributed by atoms with van der Waals surface area (Å²) in [6.07, 6.45) is 0. The van der Waals surface area contributed by atoms with Crippen LogP contribution in [0, 0.1) is 6.92 Å². The van der Waals surface area contributed by atoms with E-state index in [0.717, 1.165) is 0 Å². The number of hydrogen-bond donors (Lipinski definition) is 1. The first-order valence-corrected chi connectivity index (χ1v) is 4.47. The van der Waals surface area contributed by atoms with E-state index in [9.17, 15) is 4.79 Å². The Labute approximate surface area is 91.3 Å². The number of aliphatic hydroxyl groups is 1. The minimum atomic E-state index is -0.831. The van der Waals surface area contributed by atoms with Crippen molar-refractivity contribution in [2.75, 3.05) is 13.7 Å². The van der Waals surface area contributed by atoms with Crippen molar-refractivity contribution >= 4 is 5.97 Å². The highest BCUT2D eigenvalue weighted by Crippen LogP contribution is 2.23. The van der Waals surface area contributed by atoms with Crippen LogP contribution in [0.1, 0.15) is 27.9 Å². The van der Waals surface area contributed by atoms with Gasteiger partial charge in [0.2, 0.25) is 0 Å². The number of azide groups is 1. The second kappa shape index (κ2) is 5.20. The van der Waals surface area contributed by atoms with Gasteiger partial charge in [-0.25, -0.2) is 4.79 Å². The minimum absolute atomic E-state index is 0.234. The molecule has 0 radical (unpaired) electrons. The fourth-order valence-electron chi connectivity index (χ4n) is 1.23. The summed E-state index contributed by atoms with van der Waals surface area (Å²) in [5.74, 6) is 0.0526. The maximum atomic E-state index is 11.3. The largest absolute Gasteiger partial charge is 0.465 e. The summed E-state index contributed by atoms with van der Waals surface area (Å²) in [7, 11) is 1.26. The molecule has 0 aliphatic carbocycles. The van der Waals surface area contributed by atoms with Crippen LogP contribution in [0.2, 0.25) is 0 Å². The van der Waals surface area contributed by atoms with E-state index in [0.29, 0.717) is 5.76 Å². The molecule has 0 aliphatic rings. The SMILES string of the molecule is COC(=O)c1cc(C(CO)N=[N+]=[N-])oc1C. The molecule has 7 heteroatoms. The maximum Gasteiger partial charge on any atom is 0.341 e. The lowest BCUT2D eigenvalue weighted by Gasteiger charge is -2.01. The molecule has 0 bridgehead atoms. The van der Waals surface area contributed by atoms with Crippen LogP contribution in [0.4, 0.5) is 0 Å². The molecule has 1 heterocycles. The lowest BCUT2D eigenvalue weighted by molar-refractivity contribution is 0.0599. The van der Waals surface area contributed by atoms with Gasteiger partial charge in [0.1, 0.15) is 23.1 Å². The third-order valence-electron chi connectivity index (χ3n) is 2.03. The van der Waals surface area contributed by atoms with Crippen LogP contribution in [0.15, 0.2) is 15.6 Å². The Morgan fingerprint density at radius 1 is 1.81 bits per heavy atom. The normalized spacial score (nSPS) is 11.7. The van der Waals surface area contributed by atoms with Crippen LogP contribution in [0.3, 0.4) is 0 Å². The zero-order chi connectivity index (χ0) is 12.1. The number of hydrogen-bond acceptors (Lipinski definition) is 5. The van der Waals surface area contributed by atoms with Crippen molar-refractivity contribution in [3.8, 4) is 0 Å². The van der Waals surface area contributed by atoms with Gasteiger partial charge in [-0.1, -0.05) is 5.11 Å². The van der Waals surface area contributed by atoms with Crippen LogP contribution in [0.5, 0.6) is 0 Å². The number of rotatable bonds is 4. The Kier molecular flexibility index (Phi) is 3.93. The van der Waals surface area contributed by atoms with Crippen molar-refractivity contribution in [1.29, 1.82) is 0 Å². The number of aliphatic hydroxyl groups excluding tert-OH is 1. The molecule has 1 aromatic rings. The highest BCUT2D eigenvalue weighted by molar-refractivity contribution is 5.90.